The van der Waals surface area contributed by atoms with Crippen molar-refractivity contribution in [2.45, 2.75) is 62.6 Å². The number of aryl methyl sites for hydroxylation is 1. The van der Waals surface area contributed by atoms with Gasteiger partial charge in [0.15, 0.2) is 0 Å². The van der Waals surface area contributed by atoms with Crippen molar-refractivity contribution in [2.24, 2.45) is 0 Å². The van der Waals surface area contributed by atoms with Crippen molar-refractivity contribution in [2.75, 3.05) is 18.0 Å². The molecule has 0 aliphatic heterocycles. The predicted molar refractivity (Wildman–Crippen MR) is 185 cm³/mol. The summed E-state index contributed by atoms with van der Waals surface area (Å²) >= 11 is 6.16. The lowest BCUT2D eigenvalue weighted by Crippen LogP contribution is -2.54. The van der Waals surface area contributed by atoms with E-state index in [4.69, 9.17) is 16.3 Å². The van der Waals surface area contributed by atoms with Crippen LogP contribution in [0, 0.1) is 6.92 Å². The molecular weight excluding hydrogens is 634 g/mol. The second-order valence-corrected chi connectivity index (χ2v) is 14.2. The SMILES string of the molecule is COc1ccc(S(=O)(=O)N(CC(=O)N(Cc2ccc(C)cc2)[C@H](Cc2ccccc2)C(=O)NC2CCCC2)c2ccc(Cl)cc2)cc1. The molecule has 1 aliphatic rings. The van der Waals surface area contributed by atoms with Crippen molar-refractivity contribution in [1.82, 2.24) is 10.2 Å². The summed E-state index contributed by atoms with van der Waals surface area (Å²) in [6, 6.07) is 28.8. The quantitative estimate of drug-likeness (QED) is 0.174. The fraction of sp³-hybridized carbons (Fsp3) is 0.297. The highest BCUT2D eigenvalue weighted by Crippen LogP contribution is 2.28. The summed E-state index contributed by atoms with van der Waals surface area (Å²) in [5, 5.41) is 3.62. The Morgan fingerprint density at radius 1 is 0.872 bits per heavy atom. The Bertz CT molecular complexity index is 1740. The van der Waals surface area contributed by atoms with Crippen LogP contribution in [-0.4, -0.2) is 50.9 Å². The molecule has 1 saturated carbocycles. The minimum Gasteiger partial charge on any atom is -0.497 e. The van der Waals surface area contributed by atoms with Gasteiger partial charge in [-0.25, -0.2) is 8.42 Å². The monoisotopic (exact) mass is 673 g/mol. The molecule has 47 heavy (non-hydrogen) atoms. The molecular formula is C37H40ClN3O5S. The zero-order chi connectivity index (χ0) is 33.4. The van der Waals surface area contributed by atoms with Crippen molar-refractivity contribution < 1.29 is 22.7 Å². The van der Waals surface area contributed by atoms with Gasteiger partial charge in [-0.1, -0.05) is 84.6 Å². The molecule has 0 saturated heterocycles. The Hall–Kier alpha value is -4.34. The van der Waals surface area contributed by atoms with Gasteiger partial charge in [0.05, 0.1) is 17.7 Å². The summed E-state index contributed by atoms with van der Waals surface area (Å²) < 4.78 is 34.7. The number of carbonyl (C=O) groups is 2. The summed E-state index contributed by atoms with van der Waals surface area (Å²) in [4.78, 5) is 30.2. The molecule has 0 radical (unpaired) electrons. The van der Waals surface area contributed by atoms with Crippen LogP contribution in [0.25, 0.3) is 0 Å². The summed E-state index contributed by atoms with van der Waals surface area (Å²) in [5.41, 5.74) is 3.04. The minimum atomic E-state index is -4.24. The van der Waals surface area contributed by atoms with Crippen LogP contribution in [-0.2, 0) is 32.6 Å². The maximum atomic E-state index is 14.6. The van der Waals surface area contributed by atoms with Crippen molar-refractivity contribution in [3.05, 3.63) is 125 Å². The molecule has 0 spiro atoms. The molecule has 246 valence electrons. The highest BCUT2D eigenvalue weighted by atomic mass is 35.5. The second kappa shape index (κ2) is 15.5. The average Bonchev–Trinajstić information content (AvgIpc) is 3.60. The van der Waals surface area contributed by atoms with Gasteiger partial charge in [-0.3, -0.25) is 13.9 Å². The van der Waals surface area contributed by atoms with Gasteiger partial charge in [-0.2, -0.15) is 0 Å². The fourth-order valence-corrected chi connectivity index (χ4v) is 7.36. The number of hydrogen-bond donors (Lipinski definition) is 1. The Morgan fingerprint density at radius 2 is 1.51 bits per heavy atom. The lowest BCUT2D eigenvalue weighted by molar-refractivity contribution is -0.140. The van der Waals surface area contributed by atoms with Crippen molar-refractivity contribution in [3.63, 3.8) is 0 Å². The standard InChI is InChI=1S/C37H40ClN3O5S/c1-27-12-14-29(15-13-27)25-40(35(24-28-8-4-3-5-9-28)37(43)39-31-10-6-7-11-31)36(42)26-41(32-18-16-30(38)17-19-32)47(44,45)34-22-20-33(46-2)21-23-34/h3-5,8-9,12-23,31,35H,6-7,10-11,24-26H2,1-2H3,(H,39,43)/t35-/m1/s1. The number of nitrogens with zero attached hydrogens (tertiary/aromatic N) is 2. The number of sulfonamides is 1. The highest BCUT2D eigenvalue weighted by molar-refractivity contribution is 7.92. The number of anilines is 1. The largest absolute Gasteiger partial charge is 0.497 e. The van der Waals surface area contributed by atoms with E-state index < -0.39 is 28.5 Å². The molecule has 8 nitrogen and oxygen atoms in total. The smallest absolute Gasteiger partial charge is 0.264 e. The van der Waals surface area contributed by atoms with E-state index in [1.54, 1.807) is 36.4 Å². The van der Waals surface area contributed by atoms with Gasteiger partial charge in [0.2, 0.25) is 11.8 Å². The van der Waals surface area contributed by atoms with Crippen molar-refractivity contribution in [3.8, 4) is 5.75 Å². The zero-order valence-corrected chi connectivity index (χ0v) is 28.2. The average molecular weight is 674 g/mol. The van der Waals surface area contributed by atoms with E-state index in [0.717, 1.165) is 46.7 Å². The number of hydrogen-bond acceptors (Lipinski definition) is 5. The van der Waals surface area contributed by atoms with E-state index in [1.165, 1.54) is 24.1 Å². The van der Waals surface area contributed by atoms with Crippen LogP contribution in [0.3, 0.4) is 0 Å². The molecule has 4 aromatic carbocycles. The summed E-state index contributed by atoms with van der Waals surface area (Å²) in [6.45, 7) is 1.56. The summed E-state index contributed by atoms with van der Waals surface area (Å²) in [6.07, 6.45) is 4.13. The first-order valence-corrected chi connectivity index (χ1v) is 17.6. The zero-order valence-electron chi connectivity index (χ0n) is 26.6. The van der Waals surface area contributed by atoms with Gasteiger partial charge in [-0.15, -0.1) is 0 Å². The van der Waals surface area contributed by atoms with E-state index in [2.05, 4.69) is 5.32 Å². The third kappa shape index (κ3) is 8.73. The van der Waals surface area contributed by atoms with Crippen LogP contribution in [0.15, 0.2) is 108 Å². The first-order chi connectivity index (χ1) is 22.6. The van der Waals surface area contributed by atoms with Crippen molar-refractivity contribution >= 4 is 39.1 Å². The van der Waals surface area contributed by atoms with Gasteiger partial charge >= 0.3 is 0 Å². The number of benzene rings is 4. The van der Waals surface area contributed by atoms with Crippen molar-refractivity contribution in [1.29, 1.82) is 0 Å². The molecule has 0 unspecified atom stereocenters. The molecule has 0 heterocycles. The maximum absolute atomic E-state index is 14.6. The molecule has 4 aromatic rings. The second-order valence-electron chi connectivity index (χ2n) is 11.9. The van der Waals surface area contributed by atoms with Crippen LogP contribution in [0.1, 0.15) is 42.4 Å². The molecule has 1 fully saturated rings. The molecule has 1 N–H and O–H groups in total. The van der Waals surface area contributed by atoms with Gasteiger partial charge < -0.3 is 15.0 Å². The molecule has 1 aliphatic carbocycles. The number of methoxy groups -OCH3 is 1. The maximum Gasteiger partial charge on any atom is 0.264 e. The number of halogens is 1. The Labute approximate surface area is 282 Å². The predicted octanol–water partition coefficient (Wildman–Crippen LogP) is 6.55. The van der Waals surface area contributed by atoms with Gasteiger partial charge in [0.1, 0.15) is 18.3 Å². The normalized spacial score (nSPS) is 13.9. The van der Waals surface area contributed by atoms with Crippen LogP contribution in [0.4, 0.5) is 5.69 Å². The minimum absolute atomic E-state index is 0.00838. The molecule has 0 bridgehead atoms. The Kier molecular flexibility index (Phi) is 11.2. The number of ether oxygens (including phenoxy) is 1. The highest BCUT2D eigenvalue weighted by Gasteiger charge is 2.35. The molecule has 2 amide bonds. The first kappa shape index (κ1) is 34.0. The molecule has 5 rings (SSSR count). The number of rotatable bonds is 13. The lowest BCUT2D eigenvalue weighted by Gasteiger charge is -2.34. The lowest BCUT2D eigenvalue weighted by atomic mass is 10.0. The Balaban J connectivity index is 1.55. The third-order valence-electron chi connectivity index (χ3n) is 8.49. The number of amides is 2. The van der Waals surface area contributed by atoms with Crippen LogP contribution >= 0.6 is 11.6 Å². The number of carbonyl (C=O) groups excluding carboxylic acids is 2. The van der Waals surface area contributed by atoms with E-state index >= 15 is 0 Å². The van der Waals surface area contributed by atoms with E-state index in [0.29, 0.717) is 10.8 Å². The van der Waals surface area contributed by atoms with E-state index in [1.807, 2.05) is 61.5 Å². The van der Waals surface area contributed by atoms with Crippen LogP contribution in [0.2, 0.25) is 5.02 Å². The van der Waals surface area contributed by atoms with E-state index in [-0.39, 0.29) is 35.5 Å². The third-order valence-corrected chi connectivity index (χ3v) is 10.5. The van der Waals surface area contributed by atoms with Gasteiger partial charge in [-0.05, 0) is 79.4 Å². The summed E-state index contributed by atoms with van der Waals surface area (Å²) in [5.74, 6) is -0.267. The summed E-state index contributed by atoms with van der Waals surface area (Å²) in [7, 11) is -2.74. The van der Waals surface area contributed by atoms with Gasteiger partial charge in [0, 0.05) is 24.0 Å². The van der Waals surface area contributed by atoms with Crippen LogP contribution in [0.5, 0.6) is 5.75 Å². The number of nitrogens with one attached hydrogen (secondary N) is 1. The fourth-order valence-electron chi connectivity index (χ4n) is 5.82. The molecule has 1 atom stereocenters. The Morgan fingerprint density at radius 3 is 2.13 bits per heavy atom. The topological polar surface area (TPSA) is 96.0 Å². The van der Waals surface area contributed by atoms with Gasteiger partial charge in [0.25, 0.3) is 10.0 Å². The molecule has 10 heteroatoms. The van der Waals surface area contributed by atoms with Crippen LogP contribution < -0.4 is 14.4 Å². The molecule has 0 aromatic heterocycles. The first-order valence-electron chi connectivity index (χ1n) is 15.8. The van der Waals surface area contributed by atoms with E-state index in [9.17, 15) is 18.0 Å².